The van der Waals surface area contributed by atoms with Crippen molar-refractivity contribution >= 4 is 18.0 Å². The molecule has 150 valence electrons. The summed E-state index contributed by atoms with van der Waals surface area (Å²) in [5.74, 6) is 2.05. The summed E-state index contributed by atoms with van der Waals surface area (Å²) in [7, 11) is 1.55. The fraction of sp³-hybridized carbons (Fsp3) is 0.375. The SMILES string of the molecule is C/C=C/CSc1cc(C)c(OCCCCc2ccc(/C=N/OC)cc2)c(C)c1. The van der Waals surface area contributed by atoms with Crippen LogP contribution in [-0.4, -0.2) is 25.7 Å². The van der Waals surface area contributed by atoms with Crippen molar-refractivity contribution in [3.8, 4) is 5.75 Å². The Hall–Kier alpha value is -2.20. The van der Waals surface area contributed by atoms with E-state index in [0.717, 1.165) is 42.9 Å². The van der Waals surface area contributed by atoms with Gasteiger partial charge in [0.25, 0.3) is 0 Å². The first kappa shape index (κ1) is 22.1. The normalized spacial score (nSPS) is 11.4. The van der Waals surface area contributed by atoms with Gasteiger partial charge in [0.2, 0.25) is 0 Å². The Labute approximate surface area is 173 Å². The average Bonchev–Trinajstić information content (AvgIpc) is 2.69. The van der Waals surface area contributed by atoms with Gasteiger partial charge in [0.15, 0.2) is 0 Å². The summed E-state index contributed by atoms with van der Waals surface area (Å²) >= 11 is 1.86. The third kappa shape index (κ3) is 7.43. The van der Waals surface area contributed by atoms with Gasteiger partial charge in [-0.05, 0) is 74.4 Å². The molecule has 2 rings (SSSR count). The molecule has 0 amide bonds. The average molecular weight is 398 g/mol. The Bertz CT molecular complexity index is 759. The van der Waals surface area contributed by atoms with Gasteiger partial charge in [-0.15, -0.1) is 11.8 Å². The lowest BCUT2D eigenvalue weighted by Gasteiger charge is -2.14. The predicted octanol–water partition coefficient (Wildman–Crippen LogP) is 6.35. The molecule has 0 radical (unpaired) electrons. The number of ether oxygens (including phenoxy) is 1. The molecular formula is C24H31NO2S. The molecule has 28 heavy (non-hydrogen) atoms. The second-order valence-corrected chi connectivity index (χ2v) is 7.82. The monoisotopic (exact) mass is 397 g/mol. The zero-order valence-electron chi connectivity index (χ0n) is 17.4. The van der Waals surface area contributed by atoms with Crippen LogP contribution in [0.3, 0.4) is 0 Å². The van der Waals surface area contributed by atoms with Gasteiger partial charge in [-0.2, -0.15) is 0 Å². The van der Waals surface area contributed by atoms with Gasteiger partial charge >= 0.3 is 0 Å². The first-order valence-electron chi connectivity index (χ1n) is 9.77. The molecule has 0 bridgehead atoms. The highest BCUT2D eigenvalue weighted by Gasteiger charge is 2.07. The molecule has 0 heterocycles. The molecule has 0 saturated carbocycles. The Morgan fingerprint density at radius 1 is 1.04 bits per heavy atom. The molecule has 2 aromatic rings. The van der Waals surface area contributed by atoms with Crippen LogP contribution < -0.4 is 4.74 Å². The molecule has 0 unspecified atom stereocenters. The summed E-state index contributed by atoms with van der Waals surface area (Å²) in [6, 6.07) is 12.9. The topological polar surface area (TPSA) is 30.8 Å². The zero-order chi connectivity index (χ0) is 20.2. The van der Waals surface area contributed by atoms with Gasteiger partial charge in [0, 0.05) is 10.6 Å². The number of thioether (sulfide) groups is 1. The highest BCUT2D eigenvalue weighted by molar-refractivity contribution is 7.99. The highest BCUT2D eigenvalue weighted by atomic mass is 32.2. The van der Waals surface area contributed by atoms with Crippen LogP contribution >= 0.6 is 11.8 Å². The number of hydrogen-bond donors (Lipinski definition) is 0. The molecule has 0 atom stereocenters. The Morgan fingerprint density at radius 2 is 1.75 bits per heavy atom. The van der Waals surface area contributed by atoms with Crippen LogP contribution in [0, 0.1) is 13.8 Å². The number of aryl methyl sites for hydroxylation is 3. The smallest absolute Gasteiger partial charge is 0.125 e. The minimum atomic E-state index is 0.755. The fourth-order valence-corrected chi connectivity index (χ4v) is 3.95. The van der Waals surface area contributed by atoms with Crippen molar-refractivity contribution in [2.75, 3.05) is 19.5 Å². The van der Waals surface area contributed by atoms with Crippen LogP contribution in [0.5, 0.6) is 5.75 Å². The van der Waals surface area contributed by atoms with E-state index >= 15 is 0 Å². The van der Waals surface area contributed by atoms with E-state index in [1.54, 1.807) is 13.3 Å². The van der Waals surface area contributed by atoms with Crippen LogP contribution in [0.2, 0.25) is 0 Å². The Balaban J connectivity index is 1.76. The van der Waals surface area contributed by atoms with Gasteiger partial charge in [-0.3, -0.25) is 0 Å². The van der Waals surface area contributed by atoms with Crippen molar-refractivity contribution in [1.29, 1.82) is 0 Å². The van der Waals surface area contributed by atoms with Crippen LogP contribution in [0.4, 0.5) is 0 Å². The first-order valence-corrected chi connectivity index (χ1v) is 10.8. The molecule has 0 aliphatic rings. The van der Waals surface area contributed by atoms with Crippen LogP contribution in [-0.2, 0) is 11.3 Å². The van der Waals surface area contributed by atoms with Crippen LogP contribution in [0.25, 0.3) is 0 Å². The van der Waals surface area contributed by atoms with Gasteiger partial charge in [-0.1, -0.05) is 41.6 Å². The van der Waals surface area contributed by atoms with Gasteiger partial charge in [-0.25, -0.2) is 0 Å². The third-order valence-electron chi connectivity index (χ3n) is 4.41. The lowest BCUT2D eigenvalue weighted by molar-refractivity contribution is 0.215. The Morgan fingerprint density at radius 3 is 2.39 bits per heavy atom. The van der Waals surface area contributed by atoms with Gasteiger partial charge in [0.05, 0.1) is 12.8 Å². The summed E-state index contributed by atoms with van der Waals surface area (Å²) in [6.45, 7) is 7.08. The molecule has 0 aliphatic carbocycles. The molecule has 3 nitrogen and oxygen atoms in total. The second kappa shape index (κ2) is 12.3. The van der Waals surface area contributed by atoms with Crippen molar-refractivity contribution in [1.82, 2.24) is 0 Å². The molecule has 2 aromatic carbocycles. The number of unbranched alkanes of at least 4 members (excludes halogenated alkanes) is 1. The van der Waals surface area contributed by atoms with E-state index in [2.05, 4.69) is 74.5 Å². The zero-order valence-corrected chi connectivity index (χ0v) is 18.2. The molecule has 0 aromatic heterocycles. The fourth-order valence-electron chi connectivity index (χ4n) is 2.95. The van der Waals surface area contributed by atoms with E-state index in [0.29, 0.717) is 0 Å². The first-order chi connectivity index (χ1) is 13.6. The maximum atomic E-state index is 6.10. The number of nitrogens with zero attached hydrogens (tertiary/aromatic N) is 1. The second-order valence-electron chi connectivity index (χ2n) is 6.73. The minimum Gasteiger partial charge on any atom is -0.493 e. The standard InChI is InChI=1S/C24H31NO2S/c1-5-6-15-28-23-16-19(2)24(20(3)17-23)27-14-8-7-9-21-10-12-22(13-11-21)18-25-26-4/h5-6,10-13,16-18H,7-9,14-15H2,1-4H3/b6-5+,25-18+. The number of rotatable bonds is 11. The molecule has 4 heteroatoms. The molecular weight excluding hydrogens is 366 g/mol. The van der Waals surface area contributed by atoms with E-state index in [9.17, 15) is 0 Å². The largest absolute Gasteiger partial charge is 0.493 e. The molecule has 0 fully saturated rings. The van der Waals surface area contributed by atoms with Crippen LogP contribution in [0.15, 0.2) is 58.6 Å². The summed E-state index contributed by atoms with van der Waals surface area (Å²) in [6.07, 6.45) is 9.20. The maximum absolute atomic E-state index is 6.10. The molecule has 0 saturated heterocycles. The lowest BCUT2D eigenvalue weighted by atomic mass is 10.1. The van der Waals surface area contributed by atoms with Crippen LogP contribution in [0.1, 0.15) is 42.0 Å². The molecule has 0 aliphatic heterocycles. The van der Waals surface area contributed by atoms with E-state index in [1.807, 2.05) is 11.8 Å². The van der Waals surface area contributed by atoms with E-state index in [-0.39, 0.29) is 0 Å². The molecule has 0 N–H and O–H groups in total. The lowest BCUT2D eigenvalue weighted by Crippen LogP contribution is -2.02. The number of benzene rings is 2. The van der Waals surface area contributed by atoms with Crippen molar-refractivity contribution in [3.05, 3.63) is 70.8 Å². The minimum absolute atomic E-state index is 0.755. The summed E-state index contributed by atoms with van der Waals surface area (Å²) < 4.78 is 6.10. The van der Waals surface area contributed by atoms with Crippen molar-refractivity contribution in [2.45, 2.75) is 44.9 Å². The highest BCUT2D eigenvalue weighted by Crippen LogP contribution is 2.30. The Kier molecular flexibility index (Phi) is 9.70. The predicted molar refractivity (Wildman–Crippen MR) is 121 cm³/mol. The van der Waals surface area contributed by atoms with E-state index in [1.165, 1.54) is 21.6 Å². The number of oxime groups is 1. The molecule has 0 spiro atoms. The van der Waals surface area contributed by atoms with E-state index in [4.69, 9.17) is 9.57 Å². The number of hydrogen-bond acceptors (Lipinski definition) is 4. The number of allylic oxidation sites excluding steroid dienone is 1. The summed E-state index contributed by atoms with van der Waals surface area (Å²) in [4.78, 5) is 6.01. The van der Waals surface area contributed by atoms with Crippen molar-refractivity contribution < 1.29 is 9.57 Å². The van der Waals surface area contributed by atoms with Crippen molar-refractivity contribution in [3.63, 3.8) is 0 Å². The maximum Gasteiger partial charge on any atom is 0.125 e. The van der Waals surface area contributed by atoms with E-state index < -0.39 is 0 Å². The third-order valence-corrected chi connectivity index (χ3v) is 5.34. The van der Waals surface area contributed by atoms with Gasteiger partial charge in [0.1, 0.15) is 12.9 Å². The quantitative estimate of drug-likeness (QED) is 0.145. The van der Waals surface area contributed by atoms with Gasteiger partial charge < -0.3 is 9.57 Å². The van der Waals surface area contributed by atoms with Crippen molar-refractivity contribution in [2.24, 2.45) is 5.16 Å². The summed E-state index contributed by atoms with van der Waals surface area (Å²) in [5.41, 5.74) is 4.82. The summed E-state index contributed by atoms with van der Waals surface area (Å²) in [5, 5.41) is 3.78.